The molecule has 2 heterocycles. The molecule has 1 amide bonds. The Hall–Kier alpha value is -1.00. The van der Waals surface area contributed by atoms with Gasteiger partial charge in [-0.3, -0.25) is 4.79 Å². The summed E-state index contributed by atoms with van der Waals surface area (Å²) in [6.45, 7) is 5.62. The molecule has 0 radical (unpaired) electrons. The van der Waals surface area contributed by atoms with Crippen LogP contribution < -0.4 is 0 Å². The van der Waals surface area contributed by atoms with Gasteiger partial charge in [0.1, 0.15) is 0 Å². The minimum absolute atomic E-state index is 0.299. The zero-order valence-electron chi connectivity index (χ0n) is 12.5. The molecule has 1 aromatic carbocycles. The molecule has 0 aliphatic carbocycles. The monoisotopic (exact) mass is 304 g/mol. The fourth-order valence-electron chi connectivity index (χ4n) is 3.29. The fourth-order valence-corrected chi connectivity index (χ4v) is 4.11. The van der Waals surface area contributed by atoms with Crippen molar-refractivity contribution in [3.63, 3.8) is 0 Å². The number of rotatable bonds is 5. The summed E-state index contributed by atoms with van der Waals surface area (Å²) >= 11 is 1.65. The lowest BCUT2D eigenvalue weighted by molar-refractivity contribution is -0.127. The van der Waals surface area contributed by atoms with E-state index in [9.17, 15) is 4.79 Å². The first-order valence-electron chi connectivity index (χ1n) is 7.99. The molecular weight excluding hydrogens is 280 g/mol. The number of benzene rings is 1. The molecule has 2 saturated heterocycles. The summed E-state index contributed by atoms with van der Waals surface area (Å²) in [5.74, 6) is 1.56. The second kappa shape index (κ2) is 7.32. The summed E-state index contributed by atoms with van der Waals surface area (Å²) in [5, 5.41) is 0. The molecule has 21 heavy (non-hydrogen) atoms. The zero-order chi connectivity index (χ0) is 14.5. The molecule has 1 unspecified atom stereocenters. The number of hydrogen-bond acceptors (Lipinski definition) is 3. The van der Waals surface area contributed by atoms with Gasteiger partial charge in [0.25, 0.3) is 0 Å². The first-order chi connectivity index (χ1) is 10.3. The molecular formula is C17H24N2OS. The van der Waals surface area contributed by atoms with Crippen LogP contribution in [0.2, 0.25) is 0 Å². The predicted molar refractivity (Wildman–Crippen MR) is 87.5 cm³/mol. The van der Waals surface area contributed by atoms with Crippen LogP contribution in [0.25, 0.3) is 0 Å². The molecule has 3 rings (SSSR count). The fraction of sp³-hybridized carbons (Fsp3) is 0.588. The van der Waals surface area contributed by atoms with Crippen molar-refractivity contribution in [3.05, 3.63) is 30.3 Å². The highest BCUT2D eigenvalue weighted by molar-refractivity contribution is 8.00. The van der Waals surface area contributed by atoms with Gasteiger partial charge in [-0.25, -0.2) is 0 Å². The number of amides is 1. The lowest BCUT2D eigenvalue weighted by Gasteiger charge is -2.20. The number of carbonyl (C=O) groups excluding carboxylic acids is 1. The van der Waals surface area contributed by atoms with Gasteiger partial charge in [0.15, 0.2) is 0 Å². The Balaban J connectivity index is 1.41. The second-order valence-electron chi connectivity index (χ2n) is 6.10. The first-order valence-corrected chi connectivity index (χ1v) is 8.98. The van der Waals surface area contributed by atoms with E-state index in [4.69, 9.17) is 0 Å². The van der Waals surface area contributed by atoms with Crippen LogP contribution in [0.15, 0.2) is 35.2 Å². The van der Waals surface area contributed by atoms with E-state index >= 15 is 0 Å². The predicted octanol–water partition coefficient (Wildman–Crippen LogP) is 2.72. The first kappa shape index (κ1) is 14.9. The Morgan fingerprint density at radius 3 is 2.67 bits per heavy atom. The Labute approximate surface area is 131 Å². The molecule has 0 N–H and O–H groups in total. The summed E-state index contributed by atoms with van der Waals surface area (Å²) in [4.78, 5) is 18.1. The minimum Gasteiger partial charge on any atom is -0.342 e. The Kier molecular flexibility index (Phi) is 5.20. The molecule has 1 atom stereocenters. The summed E-state index contributed by atoms with van der Waals surface area (Å²) in [6.07, 6.45) is 3.88. The van der Waals surface area contributed by atoms with E-state index in [1.54, 1.807) is 11.8 Å². The highest BCUT2D eigenvalue weighted by Crippen LogP contribution is 2.22. The molecule has 0 bridgehead atoms. The molecule has 2 fully saturated rings. The van der Waals surface area contributed by atoms with Crippen molar-refractivity contribution in [2.75, 3.05) is 38.5 Å². The van der Waals surface area contributed by atoms with E-state index in [0.717, 1.165) is 13.1 Å². The Morgan fingerprint density at radius 1 is 1.14 bits per heavy atom. The van der Waals surface area contributed by atoms with Gasteiger partial charge in [-0.05, 0) is 50.4 Å². The molecule has 114 valence electrons. The third kappa shape index (κ3) is 4.24. The maximum Gasteiger partial charge on any atom is 0.232 e. The maximum atomic E-state index is 12.3. The van der Waals surface area contributed by atoms with Gasteiger partial charge in [-0.2, -0.15) is 0 Å². The van der Waals surface area contributed by atoms with Crippen LogP contribution in [0.3, 0.4) is 0 Å². The van der Waals surface area contributed by atoms with Gasteiger partial charge in [0.2, 0.25) is 5.91 Å². The van der Waals surface area contributed by atoms with E-state index < -0.39 is 0 Å². The van der Waals surface area contributed by atoms with Gasteiger partial charge in [-0.15, -0.1) is 11.8 Å². The van der Waals surface area contributed by atoms with Gasteiger partial charge in [0.05, 0.1) is 5.75 Å². The summed E-state index contributed by atoms with van der Waals surface area (Å²) in [5.41, 5.74) is 0. The molecule has 2 aliphatic rings. The van der Waals surface area contributed by atoms with Gasteiger partial charge in [0, 0.05) is 24.5 Å². The van der Waals surface area contributed by atoms with E-state index in [-0.39, 0.29) is 0 Å². The number of thioether (sulfide) groups is 1. The molecule has 0 spiro atoms. The molecule has 2 aliphatic heterocycles. The van der Waals surface area contributed by atoms with Crippen LogP contribution >= 0.6 is 11.8 Å². The van der Waals surface area contributed by atoms with Crippen molar-refractivity contribution in [1.82, 2.24) is 9.80 Å². The van der Waals surface area contributed by atoms with E-state index in [2.05, 4.69) is 21.9 Å². The lowest BCUT2D eigenvalue weighted by atomic mass is 10.1. The van der Waals surface area contributed by atoms with Crippen LogP contribution in [-0.2, 0) is 4.79 Å². The molecule has 1 aromatic rings. The van der Waals surface area contributed by atoms with E-state index in [0.29, 0.717) is 17.6 Å². The number of hydrogen-bond donors (Lipinski definition) is 0. The molecule has 4 heteroatoms. The number of likely N-dealkylation sites (tertiary alicyclic amines) is 2. The van der Waals surface area contributed by atoms with Crippen molar-refractivity contribution < 1.29 is 4.79 Å². The van der Waals surface area contributed by atoms with Crippen molar-refractivity contribution in [2.24, 2.45) is 5.92 Å². The van der Waals surface area contributed by atoms with Crippen LogP contribution in [0, 0.1) is 5.92 Å². The minimum atomic E-state index is 0.299. The second-order valence-corrected chi connectivity index (χ2v) is 7.15. The van der Waals surface area contributed by atoms with E-state index in [1.165, 1.54) is 43.8 Å². The number of nitrogens with zero attached hydrogens (tertiary/aromatic N) is 2. The quantitative estimate of drug-likeness (QED) is 0.782. The molecule has 3 nitrogen and oxygen atoms in total. The van der Waals surface area contributed by atoms with Crippen molar-refractivity contribution in [2.45, 2.75) is 24.2 Å². The smallest absolute Gasteiger partial charge is 0.232 e. The topological polar surface area (TPSA) is 23.6 Å². The van der Waals surface area contributed by atoms with Crippen molar-refractivity contribution in [3.8, 4) is 0 Å². The number of carbonyl (C=O) groups is 1. The summed E-state index contributed by atoms with van der Waals surface area (Å²) in [6, 6.07) is 10.2. The van der Waals surface area contributed by atoms with Crippen LogP contribution in [0.1, 0.15) is 19.3 Å². The lowest BCUT2D eigenvalue weighted by Crippen LogP contribution is -2.32. The van der Waals surface area contributed by atoms with Crippen LogP contribution in [0.5, 0.6) is 0 Å². The van der Waals surface area contributed by atoms with E-state index in [1.807, 2.05) is 18.2 Å². The highest BCUT2D eigenvalue weighted by Gasteiger charge is 2.28. The third-order valence-corrected chi connectivity index (χ3v) is 5.46. The van der Waals surface area contributed by atoms with Gasteiger partial charge < -0.3 is 9.80 Å². The standard InChI is InChI=1S/C17H24N2OS/c20-17(14-21-16-6-2-1-3-7-16)19-11-8-15(13-19)12-18-9-4-5-10-18/h1-3,6-7,15H,4-5,8-14H2. The highest BCUT2D eigenvalue weighted by atomic mass is 32.2. The normalized spacial score (nSPS) is 22.9. The zero-order valence-corrected chi connectivity index (χ0v) is 13.4. The van der Waals surface area contributed by atoms with Gasteiger partial charge in [-0.1, -0.05) is 18.2 Å². The summed E-state index contributed by atoms with van der Waals surface area (Å²) in [7, 11) is 0. The largest absolute Gasteiger partial charge is 0.342 e. The van der Waals surface area contributed by atoms with Crippen LogP contribution in [0.4, 0.5) is 0 Å². The maximum absolute atomic E-state index is 12.3. The SMILES string of the molecule is O=C(CSc1ccccc1)N1CCC(CN2CCCC2)C1. The van der Waals surface area contributed by atoms with Crippen molar-refractivity contribution >= 4 is 17.7 Å². The Morgan fingerprint density at radius 2 is 1.90 bits per heavy atom. The molecule has 0 saturated carbocycles. The Bertz CT molecular complexity index is 459. The average Bonchev–Trinajstić information content (AvgIpc) is 3.18. The van der Waals surface area contributed by atoms with Crippen LogP contribution in [-0.4, -0.2) is 54.2 Å². The van der Waals surface area contributed by atoms with Crippen molar-refractivity contribution in [1.29, 1.82) is 0 Å². The average molecular weight is 304 g/mol. The third-order valence-electron chi connectivity index (χ3n) is 4.46. The molecule has 0 aromatic heterocycles. The van der Waals surface area contributed by atoms with Gasteiger partial charge >= 0.3 is 0 Å². The summed E-state index contributed by atoms with van der Waals surface area (Å²) < 4.78 is 0.